The molecule has 2 fully saturated rings. The Balaban J connectivity index is 2.07. The van der Waals surface area contributed by atoms with E-state index in [0.717, 1.165) is 13.0 Å². The van der Waals surface area contributed by atoms with Gasteiger partial charge in [-0.15, -0.1) is 0 Å². The first-order valence-corrected chi connectivity index (χ1v) is 6.47. The van der Waals surface area contributed by atoms with Crippen molar-refractivity contribution in [3.8, 4) is 0 Å². The van der Waals surface area contributed by atoms with Crippen LogP contribution in [0, 0.1) is 11.8 Å². The summed E-state index contributed by atoms with van der Waals surface area (Å²) in [7, 11) is 0. The molecule has 3 atom stereocenters. The van der Waals surface area contributed by atoms with Crippen molar-refractivity contribution in [3.63, 3.8) is 0 Å². The van der Waals surface area contributed by atoms with Crippen molar-refractivity contribution in [3.05, 3.63) is 0 Å². The number of hydrogen-bond acceptors (Lipinski definition) is 4. The number of amides is 1. The molecule has 2 rings (SSSR count). The van der Waals surface area contributed by atoms with E-state index in [1.807, 2.05) is 6.92 Å². The second kappa shape index (κ2) is 5.67. The van der Waals surface area contributed by atoms with Crippen LogP contribution in [0.4, 0.5) is 0 Å². The van der Waals surface area contributed by atoms with Crippen LogP contribution in [0.3, 0.4) is 0 Å². The van der Waals surface area contributed by atoms with E-state index in [1.165, 1.54) is 0 Å². The summed E-state index contributed by atoms with van der Waals surface area (Å²) < 4.78 is 5.24. The molecule has 102 valence electrons. The minimum atomic E-state index is -0.881. The Labute approximate surface area is 106 Å². The van der Waals surface area contributed by atoms with Gasteiger partial charge in [-0.2, -0.15) is 0 Å². The molecule has 2 aliphatic heterocycles. The molecule has 0 bridgehead atoms. The first-order valence-electron chi connectivity index (χ1n) is 6.47. The normalized spacial score (nSPS) is 31.5. The molecule has 2 aliphatic rings. The van der Waals surface area contributed by atoms with Crippen molar-refractivity contribution >= 4 is 11.9 Å². The smallest absolute Gasteiger partial charge is 0.311 e. The summed E-state index contributed by atoms with van der Waals surface area (Å²) in [6.45, 7) is 4.51. The highest BCUT2D eigenvalue weighted by Gasteiger charge is 2.41. The van der Waals surface area contributed by atoms with Gasteiger partial charge in [0.2, 0.25) is 5.91 Å². The number of rotatable bonds is 4. The van der Waals surface area contributed by atoms with Gasteiger partial charge in [-0.1, -0.05) is 0 Å². The number of hydrogen-bond donors (Lipinski definition) is 2. The van der Waals surface area contributed by atoms with E-state index in [1.54, 1.807) is 4.90 Å². The number of likely N-dealkylation sites (N-methyl/N-ethyl adjacent to an activating group) is 1. The van der Waals surface area contributed by atoms with Gasteiger partial charge in [0, 0.05) is 13.1 Å². The van der Waals surface area contributed by atoms with Crippen molar-refractivity contribution in [1.82, 2.24) is 10.2 Å². The fourth-order valence-corrected chi connectivity index (χ4v) is 2.74. The van der Waals surface area contributed by atoms with Gasteiger partial charge in [0.25, 0.3) is 0 Å². The molecule has 0 aromatic carbocycles. The fraction of sp³-hybridized carbons (Fsp3) is 0.833. The number of aliphatic carboxylic acids is 1. The average molecular weight is 256 g/mol. The Bertz CT molecular complexity index is 328. The average Bonchev–Trinajstić information content (AvgIpc) is 3.00. The van der Waals surface area contributed by atoms with Gasteiger partial charge in [-0.05, 0) is 19.9 Å². The molecule has 3 unspecified atom stereocenters. The highest BCUT2D eigenvalue weighted by Crippen LogP contribution is 2.23. The van der Waals surface area contributed by atoms with E-state index < -0.39 is 11.9 Å². The standard InChI is InChI=1S/C12H20N2O4/c1-2-14(11(15)8-3-4-13-5-8)10-7-18-6-9(10)12(16)17/h8-10,13H,2-7H2,1H3,(H,16,17). The molecule has 0 aromatic heterocycles. The van der Waals surface area contributed by atoms with Gasteiger partial charge < -0.3 is 20.1 Å². The van der Waals surface area contributed by atoms with Crippen LogP contribution in [-0.2, 0) is 14.3 Å². The number of nitrogens with zero attached hydrogens (tertiary/aromatic N) is 1. The summed E-state index contributed by atoms with van der Waals surface area (Å²) in [4.78, 5) is 25.2. The number of carbonyl (C=O) groups excluding carboxylic acids is 1. The second-order valence-corrected chi connectivity index (χ2v) is 4.86. The van der Waals surface area contributed by atoms with Crippen LogP contribution in [-0.4, -0.2) is 60.8 Å². The van der Waals surface area contributed by atoms with E-state index in [0.29, 0.717) is 19.7 Å². The number of carbonyl (C=O) groups is 2. The van der Waals surface area contributed by atoms with Crippen molar-refractivity contribution < 1.29 is 19.4 Å². The summed E-state index contributed by atoms with van der Waals surface area (Å²) in [6.07, 6.45) is 0.834. The lowest BCUT2D eigenvalue weighted by molar-refractivity contribution is -0.146. The van der Waals surface area contributed by atoms with E-state index in [9.17, 15) is 9.59 Å². The van der Waals surface area contributed by atoms with E-state index in [4.69, 9.17) is 9.84 Å². The van der Waals surface area contributed by atoms with Crippen LogP contribution < -0.4 is 5.32 Å². The molecule has 6 nitrogen and oxygen atoms in total. The third-order valence-electron chi connectivity index (χ3n) is 3.80. The van der Waals surface area contributed by atoms with Gasteiger partial charge in [-0.3, -0.25) is 9.59 Å². The summed E-state index contributed by atoms with van der Waals surface area (Å²) in [5, 5.41) is 12.3. The van der Waals surface area contributed by atoms with Gasteiger partial charge in [-0.25, -0.2) is 0 Å². The third-order valence-corrected chi connectivity index (χ3v) is 3.80. The zero-order valence-corrected chi connectivity index (χ0v) is 10.6. The van der Waals surface area contributed by atoms with Crippen LogP contribution in [0.25, 0.3) is 0 Å². The Kier molecular flexibility index (Phi) is 4.19. The van der Waals surface area contributed by atoms with Crippen molar-refractivity contribution in [2.24, 2.45) is 11.8 Å². The summed E-state index contributed by atoms with van der Waals surface area (Å²) in [6, 6.07) is -0.319. The predicted octanol–water partition coefficient (Wildman–Crippen LogP) is -0.456. The van der Waals surface area contributed by atoms with Crippen LogP contribution in [0.2, 0.25) is 0 Å². The maximum atomic E-state index is 12.4. The molecule has 0 aliphatic carbocycles. The monoisotopic (exact) mass is 256 g/mol. The van der Waals surface area contributed by atoms with E-state index in [2.05, 4.69) is 5.32 Å². The van der Waals surface area contributed by atoms with Crippen molar-refractivity contribution in [1.29, 1.82) is 0 Å². The zero-order chi connectivity index (χ0) is 13.1. The SMILES string of the molecule is CCN(C(=O)C1CCNC1)C1COCC1C(=O)O. The van der Waals surface area contributed by atoms with Crippen LogP contribution in [0.5, 0.6) is 0 Å². The molecule has 2 heterocycles. The maximum Gasteiger partial charge on any atom is 0.311 e. The van der Waals surface area contributed by atoms with Gasteiger partial charge in [0.15, 0.2) is 0 Å². The number of carboxylic acid groups (broad SMARTS) is 1. The number of carboxylic acids is 1. The minimum absolute atomic E-state index is 0.0139. The molecule has 6 heteroatoms. The first-order chi connectivity index (χ1) is 8.65. The third kappa shape index (κ3) is 2.49. The molecule has 0 saturated carbocycles. The topological polar surface area (TPSA) is 78.9 Å². The molecular formula is C12H20N2O4. The molecule has 18 heavy (non-hydrogen) atoms. The summed E-state index contributed by atoms with van der Waals surface area (Å²) in [5.41, 5.74) is 0. The summed E-state index contributed by atoms with van der Waals surface area (Å²) in [5.74, 6) is -1.43. The molecule has 2 N–H and O–H groups in total. The fourth-order valence-electron chi connectivity index (χ4n) is 2.74. The first kappa shape index (κ1) is 13.3. The van der Waals surface area contributed by atoms with Gasteiger partial charge in [0.05, 0.1) is 25.2 Å². The van der Waals surface area contributed by atoms with Gasteiger partial charge >= 0.3 is 5.97 Å². The Hall–Kier alpha value is -1.14. The molecule has 2 saturated heterocycles. The highest BCUT2D eigenvalue weighted by atomic mass is 16.5. The van der Waals surface area contributed by atoms with Gasteiger partial charge in [0.1, 0.15) is 5.92 Å². The molecule has 0 spiro atoms. The zero-order valence-electron chi connectivity index (χ0n) is 10.6. The molecule has 1 amide bonds. The lowest BCUT2D eigenvalue weighted by atomic mass is 9.99. The number of ether oxygens (including phenoxy) is 1. The van der Waals surface area contributed by atoms with Crippen molar-refractivity contribution in [2.75, 3.05) is 32.8 Å². The van der Waals surface area contributed by atoms with E-state index in [-0.39, 0.29) is 24.5 Å². The minimum Gasteiger partial charge on any atom is -0.481 e. The maximum absolute atomic E-state index is 12.4. The lowest BCUT2D eigenvalue weighted by Crippen LogP contribution is -2.49. The predicted molar refractivity (Wildman–Crippen MR) is 64.1 cm³/mol. The molecule has 0 aromatic rings. The summed E-state index contributed by atoms with van der Waals surface area (Å²) >= 11 is 0. The Morgan fingerprint density at radius 2 is 2.22 bits per heavy atom. The second-order valence-electron chi connectivity index (χ2n) is 4.86. The molecule has 0 radical (unpaired) electrons. The highest BCUT2D eigenvalue weighted by molar-refractivity contribution is 5.81. The van der Waals surface area contributed by atoms with Crippen LogP contribution >= 0.6 is 0 Å². The quantitative estimate of drug-likeness (QED) is 0.712. The molecular weight excluding hydrogens is 236 g/mol. The van der Waals surface area contributed by atoms with Crippen molar-refractivity contribution in [2.45, 2.75) is 19.4 Å². The lowest BCUT2D eigenvalue weighted by Gasteiger charge is -2.31. The van der Waals surface area contributed by atoms with E-state index >= 15 is 0 Å². The van der Waals surface area contributed by atoms with Crippen LogP contribution in [0.15, 0.2) is 0 Å². The Morgan fingerprint density at radius 1 is 1.44 bits per heavy atom. The largest absolute Gasteiger partial charge is 0.481 e. The Morgan fingerprint density at radius 3 is 2.78 bits per heavy atom. The number of nitrogens with one attached hydrogen (secondary N) is 1. The van der Waals surface area contributed by atoms with Crippen LogP contribution in [0.1, 0.15) is 13.3 Å².